The summed E-state index contributed by atoms with van der Waals surface area (Å²) in [5.41, 5.74) is 6.27. The lowest BCUT2D eigenvalue weighted by Gasteiger charge is -2.13. The van der Waals surface area contributed by atoms with Crippen LogP contribution in [0.5, 0.6) is 11.6 Å². The monoisotopic (exact) mass is 222 g/mol. The van der Waals surface area contributed by atoms with Crippen LogP contribution in [0.25, 0.3) is 0 Å². The number of nitrogens with two attached hydrogens (primary N) is 1. The molecule has 1 fully saturated rings. The van der Waals surface area contributed by atoms with Crippen molar-refractivity contribution in [2.24, 2.45) is 5.92 Å². The van der Waals surface area contributed by atoms with Gasteiger partial charge in [0, 0.05) is 6.07 Å². The number of nitrogen functional groups attached to an aromatic ring is 1. The van der Waals surface area contributed by atoms with Crippen LogP contribution >= 0.6 is 0 Å². The van der Waals surface area contributed by atoms with Gasteiger partial charge in [0.2, 0.25) is 0 Å². The first kappa shape index (κ1) is 11.0. The molecule has 0 aromatic carbocycles. The van der Waals surface area contributed by atoms with E-state index in [9.17, 15) is 0 Å². The van der Waals surface area contributed by atoms with Crippen molar-refractivity contribution in [3.63, 3.8) is 0 Å². The van der Waals surface area contributed by atoms with Crippen LogP contribution in [0.2, 0.25) is 0 Å². The molecule has 4 nitrogen and oxygen atoms in total. The molecule has 2 rings (SSSR count). The maximum Gasteiger partial charge on any atom is 0.256 e. The Morgan fingerprint density at radius 1 is 1.44 bits per heavy atom. The molecule has 0 amide bonds. The van der Waals surface area contributed by atoms with E-state index in [1.54, 1.807) is 19.4 Å². The highest BCUT2D eigenvalue weighted by molar-refractivity contribution is 5.46. The maximum absolute atomic E-state index is 5.73. The Balaban J connectivity index is 1.98. The zero-order chi connectivity index (χ0) is 11.4. The average Bonchev–Trinajstić information content (AvgIpc) is 2.79. The third-order valence-corrected chi connectivity index (χ3v) is 2.98. The largest absolute Gasteiger partial charge is 0.488 e. The fraction of sp³-hybridized carbons (Fsp3) is 0.583. The van der Waals surface area contributed by atoms with Gasteiger partial charge in [-0.3, -0.25) is 0 Å². The van der Waals surface area contributed by atoms with Gasteiger partial charge in [-0.15, -0.1) is 0 Å². The number of pyridine rings is 1. The van der Waals surface area contributed by atoms with Crippen molar-refractivity contribution in [3.05, 3.63) is 12.3 Å². The first-order valence-corrected chi connectivity index (χ1v) is 5.72. The molecular formula is C12H18N2O2. The van der Waals surface area contributed by atoms with E-state index in [0.29, 0.717) is 23.2 Å². The van der Waals surface area contributed by atoms with Gasteiger partial charge < -0.3 is 15.2 Å². The highest BCUT2D eigenvalue weighted by Gasteiger charge is 2.16. The number of rotatable bonds is 4. The Morgan fingerprint density at radius 2 is 2.19 bits per heavy atom. The van der Waals surface area contributed by atoms with Gasteiger partial charge in [-0.2, -0.15) is 0 Å². The Bertz CT molecular complexity index is 349. The van der Waals surface area contributed by atoms with Gasteiger partial charge in [-0.05, 0) is 18.8 Å². The van der Waals surface area contributed by atoms with E-state index in [0.717, 1.165) is 6.61 Å². The fourth-order valence-electron chi connectivity index (χ4n) is 2.09. The van der Waals surface area contributed by atoms with Crippen molar-refractivity contribution in [3.8, 4) is 11.6 Å². The third-order valence-electron chi connectivity index (χ3n) is 2.98. The normalized spacial score (nSPS) is 16.3. The fourth-order valence-corrected chi connectivity index (χ4v) is 2.09. The molecule has 16 heavy (non-hydrogen) atoms. The van der Waals surface area contributed by atoms with Gasteiger partial charge in [-0.1, -0.05) is 12.8 Å². The topological polar surface area (TPSA) is 57.4 Å². The van der Waals surface area contributed by atoms with E-state index >= 15 is 0 Å². The van der Waals surface area contributed by atoms with E-state index in [-0.39, 0.29) is 0 Å². The van der Waals surface area contributed by atoms with Gasteiger partial charge in [0.15, 0.2) is 5.75 Å². The van der Waals surface area contributed by atoms with Crippen LogP contribution < -0.4 is 15.2 Å². The van der Waals surface area contributed by atoms with Crippen LogP contribution in [-0.2, 0) is 0 Å². The van der Waals surface area contributed by atoms with Gasteiger partial charge >= 0.3 is 0 Å². The maximum atomic E-state index is 5.73. The summed E-state index contributed by atoms with van der Waals surface area (Å²) in [5, 5.41) is 0. The molecule has 0 spiro atoms. The highest BCUT2D eigenvalue weighted by atomic mass is 16.5. The second-order valence-electron chi connectivity index (χ2n) is 4.24. The molecule has 1 saturated carbocycles. The lowest BCUT2D eigenvalue weighted by molar-refractivity contribution is 0.238. The number of ether oxygens (including phenoxy) is 2. The van der Waals surface area contributed by atoms with E-state index in [1.807, 2.05) is 0 Å². The zero-order valence-electron chi connectivity index (χ0n) is 9.61. The van der Waals surface area contributed by atoms with Gasteiger partial charge in [0.1, 0.15) is 0 Å². The first-order valence-electron chi connectivity index (χ1n) is 5.72. The summed E-state index contributed by atoms with van der Waals surface area (Å²) >= 11 is 0. The molecule has 1 aliphatic rings. The molecule has 0 unspecified atom stereocenters. The summed E-state index contributed by atoms with van der Waals surface area (Å²) < 4.78 is 10.8. The van der Waals surface area contributed by atoms with E-state index < -0.39 is 0 Å². The minimum absolute atomic E-state index is 0.507. The molecule has 4 heteroatoms. The lowest BCUT2D eigenvalue weighted by Crippen LogP contribution is -2.09. The summed E-state index contributed by atoms with van der Waals surface area (Å²) in [7, 11) is 1.58. The Kier molecular flexibility index (Phi) is 3.49. The second-order valence-corrected chi connectivity index (χ2v) is 4.24. The quantitative estimate of drug-likeness (QED) is 0.848. The number of hydrogen-bond donors (Lipinski definition) is 1. The number of nitrogens with zero attached hydrogens (tertiary/aromatic N) is 1. The molecule has 2 N–H and O–H groups in total. The summed E-state index contributed by atoms with van der Waals surface area (Å²) in [4.78, 5) is 4.07. The smallest absolute Gasteiger partial charge is 0.256 e. The molecule has 1 aromatic heterocycles. The summed E-state index contributed by atoms with van der Waals surface area (Å²) in [5.74, 6) is 1.83. The van der Waals surface area contributed by atoms with E-state index in [4.69, 9.17) is 15.2 Å². The number of methoxy groups -OCH3 is 1. The number of aromatic nitrogens is 1. The summed E-state index contributed by atoms with van der Waals surface area (Å²) in [6, 6.07) is 1.76. The summed E-state index contributed by atoms with van der Waals surface area (Å²) in [6.45, 7) is 0.738. The SMILES string of the molecule is COc1ncc(N)cc1OCC1CCCC1. The Labute approximate surface area is 95.8 Å². The van der Waals surface area contributed by atoms with Gasteiger partial charge in [-0.25, -0.2) is 4.98 Å². The Hall–Kier alpha value is -1.45. The number of anilines is 1. The van der Waals surface area contributed by atoms with Crippen molar-refractivity contribution < 1.29 is 9.47 Å². The zero-order valence-corrected chi connectivity index (χ0v) is 9.61. The van der Waals surface area contributed by atoms with Crippen LogP contribution in [-0.4, -0.2) is 18.7 Å². The van der Waals surface area contributed by atoms with Crippen LogP contribution in [0, 0.1) is 5.92 Å². The predicted octanol–water partition coefficient (Wildman–Crippen LogP) is 2.24. The minimum atomic E-state index is 0.507. The predicted molar refractivity (Wildman–Crippen MR) is 62.7 cm³/mol. The molecule has 0 bridgehead atoms. The molecule has 88 valence electrons. The van der Waals surface area contributed by atoms with Crippen LogP contribution in [0.15, 0.2) is 12.3 Å². The molecule has 0 radical (unpaired) electrons. The third kappa shape index (κ3) is 2.56. The number of hydrogen-bond acceptors (Lipinski definition) is 4. The van der Waals surface area contributed by atoms with Gasteiger partial charge in [0.25, 0.3) is 5.88 Å². The van der Waals surface area contributed by atoms with Crippen molar-refractivity contribution >= 4 is 5.69 Å². The van der Waals surface area contributed by atoms with Crippen molar-refractivity contribution in [2.75, 3.05) is 19.5 Å². The standard InChI is InChI=1S/C12H18N2O2/c1-15-12-11(6-10(13)7-14-12)16-8-9-4-2-3-5-9/h6-7,9H,2-5,8,13H2,1H3. The van der Waals surface area contributed by atoms with Crippen molar-refractivity contribution in [1.29, 1.82) is 0 Å². The Morgan fingerprint density at radius 3 is 2.88 bits per heavy atom. The van der Waals surface area contributed by atoms with Gasteiger partial charge in [0.05, 0.1) is 25.6 Å². The van der Waals surface area contributed by atoms with Crippen molar-refractivity contribution in [2.45, 2.75) is 25.7 Å². The molecule has 0 saturated heterocycles. The minimum Gasteiger partial charge on any atom is -0.488 e. The summed E-state index contributed by atoms with van der Waals surface area (Å²) in [6.07, 6.45) is 6.73. The highest BCUT2D eigenvalue weighted by Crippen LogP contribution is 2.29. The molecule has 0 aliphatic heterocycles. The van der Waals surface area contributed by atoms with Crippen LogP contribution in [0.3, 0.4) is 0 Å². The first-order chi connectivity index (χ1) is 7.79. The molecule has 1 aliphatic carbocycles. The average molecular weight is 222 g/mol. The molecule has 1 aromatic rings. The second kappa shape index (κ2) is 5.05. The molecule has 0 atom stereocenters. The van der Waals surface area contributed by atoms with E-state index in [1.165, 1.54) is 25.7 Å². The van der Waals surface area contributed by atoms with Crippen LogP contribution in [0.1, 0.15) is 25.7 Å². The molecule has 1 heterocycles. The van der Waals surface area contributed by atoms with Crippen LogP contribution in [0.4, 0.5) is 5.69 Å². The van der Waals surface area contributed by atoms with E-state index in [2.05, 4.69) is 4.98 Å². The van der Waals surface area contributed by atoms with Crippen molar-refractivity contribution in [1.82, 2.24) is 4.98 Å². The molecular weight excluding hydrogens is 204 g/mol. The lowest BCUT2D eigenvalue weighted by atomic mass is 10.1.